The van der Waals surface area contributed by atoms with Gasteiger partial charge in [0.25, 0.3) is 5.91 Å². The van der Waals surface area contributed by atoms with E-state index in [2.05, 4.69) is 15.5 Å². The van der Waals surface area contributed by atoms with E-state index in [0.29, 0.717) is 18.1 Å². The first-order valence-electron chi connectivity index (χ1n) is 7.07. The number of nitrogens with one attached hydrogen (secondary N) is 1. The summed E-state index contributed by atoms with van der Waals surface area (Å²) < 4.78 is 2.96. The molecule has 1 unspecified atom stereocenters. The first-order chi connectivity index (χ1) is 10.8. The zero-order valence-electron chi connectivity index (χ0n) is 13.1. The van der Waals surface area contributed by atoms with Crippen molar-refractivity contribution in [2.45, 2.75) is 33.4 Å². The first-order valence-corrected chi connectivity index (χ1v) is 7.44. The summed E-state index contributed by atoms with van der Waals surface area (Å²) in [5.41, 5.74) is 1.76. The van der Waals surface area contributed by atoms with E-state index in [9.17, 15) is 9.59 Å². The molecule has 124 valence electrons. The Kier molecular flexibility index (Phi) is 5.05. The summed E-state index contributed by atoms with van der Waals surface area (Å²) in [6.45, 7) is 6.01. The van der Waals surface area contributed by atoms with Crippen molar-refractivity contribution in [3.63, 3.8) is 0 Å². The highest BCUT2D eigenvalue weighted by molar-refractivity contribution is 6.31. The molecule has 0 aliphatic carbocycles. The van der Waals surface area contributed by atoms with E-state index < -0.39 is 12.0 Å². The first kappa shape index (κ1) is 17.0. The average molecular weight is 340 g/mol. The number of hydrogen-bond acceptors (Lipinski definition) is 4. The number of amides is 1. The average Bonchev–Trinajstić information content (AvgIpc) is 3.08. The molecule has 2 aromatic heterocycles. The second kappa shape index (κ2) is 6.82. The van der Waals surface area contributed by atoms with Crippen LogP contribution in [0.4, 0.5) is 0 Å². The summed E-state index contributed by atoms with van der Waals surface area (Å²) in [6, 6.07) is 0.656. The highest BCUT2D eigenvalue weighted by Gasteiger charge is 2.17. The summed E-state index contributed by atoms with van der Waals surface area (Å²) in [5.74, 6) is -1.38. The molecule has 0 spiro atoms. The molecule has 2 N–H and O–H groups in total. The third kappa shape index (κ3) is 3.70. The summed E-state index contributed by atoms with van der Waals surface area (Å²) in [5, 5.41) is 20.5. The molecule has 0 aliphatic heterocycles. The fraction of sp³-hybridized carbons (Fsp3) is 0.429. The highest BCUT2D eigenvalue weighted by atomic mass is 35.5. The number of aromatic nitrogens is 4. The number of aryl methyl sites for hydroxylation is 1. The fourth-order valence-electron chi connectivity index (χ4n) is 2.05. The lowest BCUT2D eigenvalue weighted by Gasteiger charge is -2.07. The lowest BCUT2D eigenvalue weighted by atomic mass is 10.3. The summed E-state index contributed by atoms with van der Waals surface area (Å²) in [4.78, 5) is 22.9. The molecule has 23 heavy (non-hydrogen) atoms. The van der Waals surface area contributed by atoms with Crippen molar-refractivity contribution in [2.75, 3.05) is 6.54 Å². The maximum Gasteiger partial charge on any atom is 0.328 e. The predicted molar refractivity (Wildman–Crippen MR) is 83.6 cm³/mol. The van der Waals surface area contributed by atoms with E-state index in [4.69, 9.17) is 16.7 Å². The van der Waals surface area contributed by atoms with Crippen molar-refractivity contribution in [3.05, 3.63) is 34.4 Å². The van der Waals surface area contributed by atoms with Gasteiger partial charge < -0.3 is 10.4 Å². The minimum absolute atomic E-state index is 0.171. The van der Waals surface area contributed by atoms with Crippen LogP contribution in [-0.4, -0.2) is 43.1 Å². The topological polar surface area (TPSA) is 102 Å². The number of carboxylic acid groups (broad SMARTS) is 1. The molecule has 0 bridgehead atoms. The number of aliphatic carboxylic acids is 1. The van der Waals surface area contributed by atoms with Crippen molar-refractivity contribution in [1.82, 2.24) is 24.9 Å². The van der Waals surface area contributed by atoms with Gasteiger partial charge >= 0.3 is 5.97 Å². The summed E-state index contributed by atoms with van der Waals surface area (Å²) >= 11 is 6.06. The number of halogens is 1. The van der Waals surface area contributed by atoms with Crippen LogP contribution in [0.5, 0.6) is 0 Å². The van der Waals surface area contributed by atoms with Crippen LogP contribution in [0.3, 0.4) is 0 Å². The van der Waals surface area contributed by atoms with E-state index in [-0.39, 0.29) is 11.6 Å². The van der Waals surface area contributed by atoms with Crippen LogP contribution < -0.4 is 5.32 Å². The zero-order chi connectivity index (χ0) is 17.1. The maximum atomic E-state index is 12.0. The Morgan fingerprint density at radius 2 is 2.09 bits per heavy atom. The van der Waals surface area contributed by atoms with Gasteiger partial charge in [0.1, 0.15) is 11.7 Å². The minimum atomic E-state index is -1.01. The predicted octanol–water partition coefficient (Wildman–Crippen LogP) is 1.43. The van der Waals surface area contributed by atoms with Gasteiger partial charge in [0.2, 0.25) is 0 Å². The second-order valence-electron chi connectivity index (χ2n) is 5.16. The van der Waals surface area contributed by atoms with Crippen molar-refractivity contribution in [2.24, 2.45) is 0 Å². The number of carbonyl (C=O) groups excluding carboxylic acids is 1. The van der Waals surface area contributed by atoms with Crippen LogP contribution >= 0.6 is 11.6 Å². The Morgan fingerprint density at radius 3 is 2.65 bits per heavy atom. The van der Waals surface area contributed by atoms with Gasteiger partial charge in [-0.3, -0.25) is 14.2 Å². The van der Waals surface area contributed by atoms with Crippen molar-refractivity contribution in [1.29, 1.82) is 0 Å². The van der Waals surface area contributed by atoms with Gasteiger partial charge in [0, 0.05) is 12.7 Å². The monoisotopic (exact) mass is 339 g/mol. The van der Waals surface area contributed by atoms with Crippen LogP contribution in [0.2, 0.25) is 5.02 Å². The molecule has 1 atom stereocenters. The third-order valence-electron chi connectivity index (χ3n) is 3.50. The highest BCUT2D eigenvalue weighted by Crippen LogP contribution is 2.18. The molecule has 0 saturated carbocycles. The Labute approximate surface area is 138 Å². The van der Waals surface area contributed by atoms with Crippen LogP contribution in [0, 0.1) is 13.8 Å². The van der Waals surface area contributed by atoms with E-state index in [0.717, 1.165) is 11.4 Å². The van der Waals surface area contributed by atoms with E-state index >= 15 is 0 Å². The molecule has 0 aliphatic rings. The van der Waals surface area contributed by atoms with Gasteiger partial charge in [-0.2, -0.15) is 10.2 Å². The largest absolute Gasteiger partial charge is 0.480 e. The number of carbonyl (C=O) groups is 2. The summed E-state index contributed by atoms with van der Waals surface area (Å²) in [6.07, 6.45) is 1.47. The fourth-order valence-corrected chi connectivity index (χ4v) is 2.18. The van der Waals surface area contributed by atoms with Gasteiger partial charge in [-0.1, -0.05) is 11.6 Å². The van der Waals surface area contributed by atoms with Crippen LogP contribution in [0.25, 0.3) is 0 Å². The standard InChI is InChI=1S/C14H18ClN5O3/c1-8-12(15)9(2)20(17-8)7-5-16-13(21)11-4-6-19(18-11)10(3)14(22)23/h4,6,10H,5,7H2,1-3H3,(H,16,21)(H,22,23). The summed E-state index contributed by atoms with van der Waals surface area (Å²) in [7, 11) is 0. The van der Waals surface area contributed by atoms with Gasteiger partial charge in [-0.15, -0.1) is 0 Å². The van der Waals surface area contributed by atoms with Crippen molar-refractivity contribution < 1.29 is 14.7 Å². The number of carboxylic acids is 1. The van der Waals surface area contributed by atoms with Crippen molar-refractivity contribution >= 4 is 23.5 Å². The quantitative estimate of drug-likeness (QED) is 0.828. The van der Waals surface area contributed by atoms with E-state index in [1.54, 1.807) is 4.68 Å². The van der Waals surface area contributed by atoms with Crippen molar-refractivity contribution in [3.8, 4) is 0 Å². The lowest BCUT2D eigenvalue weighted by molar-refractivity contribution is -0.140. The Bertz CT molecular complexity index is 737. The second-order valence-corrected chi connectivity index (χ2v) is 5.54. The minimum Gasteiger partial charge on any atom is -0.480 e. The Hall–Kier alpha value is -2.35. The zero-order valence-corrected chi connectivity index (χ0v) is 13.8. The van der Waals surface area contributed by atoms with Crippen LogP contribution in [0.15, 0.2) is 12.3 Å². The van der Waals surface area contributed by atoms with Gasteiger partial charge in [-0.25, -0.2) is 4.79 Å². The molecule has 1 amide bonds. The molecule has 8 nitrogen and oxygen atoms in total. The lowest BCUT2D eigenvalue weighted by Crippen LogP contribution is -2.28. The molecule has 9 heteroatoms. The van der Waals surface area contributed by atoms with Gasteiger partial charge in [0.05, 0.1) is 23.0 Å². The Morgan fingerprint density at radius 1 is 1.39 bits per heavy atom. The molecule has 0 radical (unpaired) electrons. The Balaban J connectivity index is 1.92. The molecule has 0 aromatic carbocycles. The maximum absolute atomic E-state index is 12.0. The molecular weight excluding hydrogens is 322 g/mol. The van der Waals surface area contributed by atoms with Gasteiger partial charge in [0.15, 0.2) is 0 Å². The smallest absolute Gasteiger partial charge is 0.328 e. The molecule has 2 heterocycles. The van der Waals surface area contributed by atoms with Crippen LogP contribution in [-0.2, 0) is 11.3 Å². The molecule has 2 aromatic rings. The molecule has 2 rings (SSSR count). The molecule has 0 fully saturated rings. The number of nitrogens with zero attached hydrogens (tertiary/aromatic N) is 4. The molecule has 0 saturated heterocycles. The van der Waals surface area contributed by atoms with Crippen LogP contribution in [0.1, 0.15) is 34.8 Å². The number of hydrogen-bond donors (Lipinski definition) is 2. The number of rotatable bonds is 6. The third-order valence-corrected chi connectivity index (χ3v) is 4.04. The van der Waals surface area contributed by atoms with E-state index in [1.165, 1.54) is 23.9 Å². The normalized spacial score (nSPS) is 12.2. The van der Waals surface area contributed by atoms with Gasteiger partial charge in [-0.05, 0) is 26.8 Å². The SMILES string of the molecule is Cc1nn(CCNC(=O)c2ccn(C(C)C(=O)O)n2)c(C)c1Cl. The van der Waals surface area contributed by atoms with E-state index in [1.807, 2.05) is 13.8 Å². The molecular formula is C14H18ClN5O3.